The van der Waals surface area contributed by atoms with Crippen LogP contribution in [0.1, 0.15) is 44.0 Å². The Hall–Kier alpha value is -1.30. The summed E-state index contributed by atoms with van der Waals surface area (Å²) in [5.41, 5.74) is 6.53. The van der Waals surface area contributed by atoms with Crippen LogP contribution in [0.4, 0.5) is 10.8 Å². The molecule has 2 rings (SSSR count). The van der Waals surface area contributed by atoms with Gasteiger partial charge in [-0.15, -0.1) is 0 Å². The summed E-state index contributed by atoms with van der Waals surface area (Å²) in [5.74, 6) is 0.239. The summed E-state index contributed by atoms with van der Waals surface area (Å²) in [7, 11) is 1.98. The molecule has 1 aromatic rings. The third kappa shape index (κ3) is 3.59. The molecular weight excluding hydrogens is 260 g/mol. The van der Waals surface area contributed by atoms with Crippen molar-refractivity contribution in [1.29, 1.82) is 0 Å². The third-order valence-corrected chi connectivity index (χ3v) is 3.88. The number of hydrogen-bond acceptors (Lipinski definition) is 5. The fourth-order valence-corrected chi connectivity index (χ4v) is 2.80. The highest BCUT2D eigenvalue weighted by molar-refractivity contribution is 7.11. The van der Waals surface area contributed by atoms with Crippen LogP contribution in [0, 0.1) is 5.41 Å². The first-order valence-corrected chi connectivity index (χ1v) is 7.32. The largest absolute Gasteiger partial charge is 0.382 e. The number of nitrogens with one attached hydrogen (secondary N) is 1. The second-order valence-electron chi connectivity index (χ2n) is 6.41. The second kappa shape index (κ2) is 5.00. The highest BCUT2D eigenvalue weighted by Gasteiger charge is 2.29. The van der Waals surface area contributed by atoms with Gasteiger partial charge in [-0.25, -0.2) is 0 Å². The lowest BCUT2D eigenvalue weighted by molar-refractivity contribution is 0.0952. The number of carbonyl (C=O) groups is 1. The molecule has 19 heavy (non-hydrogen) atoms. The zero-order valence-electron chi connectivity index (χ0n) is 12.0. The number of nitrogens with zero attached hydrogens (tertiary/aromatic N) is 2. The SMILES string of the molecule is CN(CC(C)(C)C)c1snc(N)c1C(=O)NC1CC1. The summed E-state index contributed by atoms with van der Waals surface area (Å²) in [6.07, 6.45) is 2.13. The van der Waals surface area contributed by atoms with Crippen LogP contribution >= 0.6 is 11.5 Å². The first-order valence-electron chi connectivity index (χ1n) is 6.55. The first-order chi connectivity index (χ1) is 8.78. The average Bonchev–Trinajstić information content (AvgIpc) is 2.96. The molecule has 0 aliphatic heterocycles. The molecule has 1 aliphatic carbocycles. The van der Waals surface area contributed by atoms with E-state index in [-0.39, 0.29) is 11.3 Å². The quantitative estimate of drug-likeness (QED) is 0.887. The molecule has 1 aliphatic rings. The van der Waals surface area contributed by atoms with E-state index >= 15 is 0 Å². The Morgan fingerprint density at radius 1 is 1.53 bits per heavy atom. The molecule has 0 aromatic carbocycles. The molecule has 3 N–H and O–H groups in total. The highest BCUT2D eigenvalue weighted by atomic mass is 32.1. The zero-order valence-corrected chi connectivity index (χ0v) is 12.8. The van der Waals surface area contributed by atoms with Gasteiger partial charge in [-0.2, -0.15) is 4.37 Å². The van der Waals surface area contributed by atoms with Gasteiger partial charge >= 0.3 is 0 Å². The first kappa shape index (κ1) is 14.1. The Balaban J connectivity index is 2.18. The van der Waals surface area contributed by atoms with E-state index in [0.29, 0.717) is 17.4 Å². The Labute approximate surface area is 118 Å². The van der Waals surface area contributed by atoms with Crippen molar-refractivity contribution in [3.8, 4) is 0 Å². The average molecular weight is 282 g/mol. The van der Waals surface area contributed by atoms with Crippen molar-refractivity contribution in [2.45, 2.75) is 39.7 Å². The van der Waals surface area contributed by atoms with E-state index in [9.17, 15) is 4.79 Å². The number of anilines is 2. The van der Waals surface area contributed by atoms with Gasteiger partial charge in [0.05, 0.1) is 0 Å². The van der Waals surface area contributed by atoms with Crippen LogP contribution in [-0.4, -0.2) is 29.9 Å². The van der Waals surface area contributed by atoms with Gasteiger partial charge in [0.2, 0.25) is 0 Å². The van der Waals surface area contributed by atoms with Crippen LogP contribution in [0.3, 0.4) is 0 Å². The summed E-state index contributed by atoms with van der Waals surface area (Å²) in [6, 6.07) is 0.326. The Morgan fingerprint density at radius 2 is 2.16 bits per heavy atom. The lowest BCUT2D eigenvalue weighted by Gasteiger charge is -2.27. The summed E-state index contributed by atoms with van der Waals surface area (Å²) in [5, 5.41) is 3.83. The molecule has 5 nitrogen and oxygen atoms in total. The van der Waals surface area contributed by atoms with E-state index in [1.54, 1.807) is 0 Å². The molecule has 106 valence electrons. The number of carbonyl (C=O) groups excluding carboxylic acids is 1. The number of rotatable bonds is 4. The minimum atomic E-state index is -0.0930. The molecule has 0 radical (unpaired) electrons. The van der Waals surface area contributed by atoms with Gasteiger partial charge in [-0.05, 0) is 29.8 Å². The van der Waals surface area contributed by atoms with Gasteiger partial charge < -0.3 is 16.0 Å². The fraction of sp³-hybridized carbons (Fsp3) is 0.692. The van der Waals surface area contributed by atoms with Gasteiger partial charge in [0.15, 0.2) is 5.82 Å². The molecule has 1 fully saturated rings. The molecule has 1 amide bonds. The van der Waals surface area contributed by atoms with Crippen LogP contribution in [-0.2, 0) is 0 Å². The Morgan fingerprint density at radius 3 is 2.68 bits per heavy atom. The predicted molar refractivity (Wildman–Crippen MR) is 79.7 cm³/mol. The maximum atomic E-state index is 12.2. The standard InChI is InChI=1S/C13H22N4OS/c1-13(2,3)7-17(4)12-9(10(14)16-19-12)11(18)15-8-5-6-8/h8H,5-7H2,1-4H3,(H2,14,16)(H,15,18). The number of nitrogens with two attached hydrogens (primary N) is 1. The molecule has 1 aromatic heterocycles. The summed E-state index contributed by atoms with van der Waals surface area (Å²) < 4.78 is 4.13. The van der Waals surface area contributed by atoms with Gasteiger partial charge in [0.1, 0.15) is 10.6 Å². The predicted octanol–water partition coefficient (Wildman–Crippen LogP) is 2.10. The fourth-order valence-electron chi connectivity index (χ4n) is 2.04. The minimum Gasteiger partial charge on any atom is -0.382 e. The van der Waals surface area contributed by atoms with E-state index in [2.05, 4.69) is 35.4 Å². The molecule has 6 heteroatoms. The van der Waals surface area contributed by atoms with Gasteiger partial charge in [-0.3, -0.25) is 4.79 Å². The van der Waals surface area contributed by atoms with E-state index in [0.717, 1.165) is 24.4 Å². The number of aromatic nitrogens is 1. The smallest absolute Gasteiger partial charge is 0.258 e. The van der Waals surface area contributed by atoms with Crippen LogP contribution in [0.25, 0.3) is 0 Å². The summed E-state index contributed by atoms with van der Waals surface area (Å²) in [6.45, 7) is 7.34. The lowest BCUT2D eigenvalue weighted by Crippen LogP contribution is -2.32. The van der Waals surface area contributed by atoms with Crippen molar-refractivity contribution in [3.63, 3.8) is 0 Å². The van der Waals surface area contributed by atoms with E-state index in [1.165, 1.54) is 11.5 Å². The number of hydrogen-bond donors (Lipinski definition) is 2. The van der Waals surface area contributed by atoms with Crippen molar-refractivity contribution in [3.05, 3.63) is 5.56 Å². The molecule has 0 bridgehead atoms. The van der Waals surface area contributed by atoms with Crippen molar-refractivity contribution in [2.75, 3.05) is 24.2 Å². The molecule has 0 spiro atoms. The van der Waals surface area contributed by atoms with E-state index in [4.69, 9.17) is 5.73 Å². The molecule has 1 saturated carbocycles. The van der Waals surface area contributed by atoms with Gasteiger partial charge in [0, 0.05) is 19.6 Å². The minimum absolute atomic E-state index is 0.0930. The van der Waals surface area contributed by atoms with Gasteiger partial charge in [0.25, 0.3) is 5.91 Å². The zero-order chi connectivity index (χ0) is 14.2. The number of amides is 1. The van der Waals surface area contributed by atoms with Crippen LogP contribution in [0.5, 0.6) is 0 Å². The van der Waals surface area contributed by atoms with Crippen LogP contribution < -0.4 is 16.0 Å². The molecule has 0 unspecified atom stereocenters. The molecule has 0 saturated heterocycles. The Kier molecular flexibility index (Phi) is 3.71. The van der Waals surface area contributed by atoms with Crippen LogP contribution in [0.2, 0.25) is 0 Å². The summed E-state index contributed by atoms with van der Waals surface area (Å²) in [4.78, 5) is 14.3. The molecular formula is C13H22N4OS. The molecule has 1 heterocycles. The maximum Gasteiger partial charge on any atom is 0.258 e. The Bertz CT molecular complexity index is 473. The number of nitrogen functional groups attached to an aromatic ring is 1. The van der Waals surface area contributed by atoms with Crippen molar-refractivity contribution < 1.29 is 4.79 Å². The highest BCUT2D eigenvalue weighted by Crippen LogP contribution is 2.32. The van der Waals surface area contributed by atoms with Crippen LogP contribution in [0.15, 0.2) is 0 Å². The van der Waals surface area contributed by atoms with Crippen molar-refractivity contribution in [2.24, 2.45) is 5.41 Å². The monoisotopic (exact) mass is 282 g/mol. The third-order valence-electron chi connectivity index (χ3n) is 2.90. The normalized spacial score (nSPS) is 15.4. The maximum absolute atomic E-state index is 12.2. The molecule has 0 atom stereocenters. The topological polar surface area (TPSA) is 71.2 Å². The lowest BCUT2D eigenvalue weighted by atomic mass is 9.96. The van der Waals surface area contributed by atoms with E-state index < -0.39 is 0 Å². The van der Waals surface area contributed by atoms with E-state index in [1.807, 2.05) is 7.05 Å². The van der Waals surface area contributed by atoms with Gasteiger partial charge in [-0.1, -0.05) is 20.8 Å². The van der Waals surface area contributed by atoms with Crippen molar-refractivity contribution >= 4 is 28.3 Å². The summed E-state index contributed by atoms with van der Waals surface area (Å²) >= 11 is 1.29. The van der Waals surface area contributed by atoms with Crippen molar-refractivity contribution in [1.82, 2.24) is 9.69 Å². The second-order valence-corrected chi connectivity index (χ2v) is 7.16.